The van der Waals surface area contributed by atoms with Crippen LogP contribution in [0, 0.1) is 0 Å². The maximum Gasteiger partial charge on any atom is 0.347 e. The number of ether oxygens (including phenoxy) is 6. The molecule has 2 aromatic rings. The van der Waals surface area contributed by atoms with Crippen molar-refractivity contribution in [2.45, 2.75) is 78.2 Å². The lowest BCUT2D eigenvalue weighted by Gasteiger charge is -2.17. The molecule has 0 saturated heterocycles. The Labute approximate surface area is 243 Å². The van der Waals surface area contributed by atoms with E-state index >= 15 is 0 Å². The monoisotopic (exact) mass is 586 g/mol. The Bertz CT molecular complexity index is 1120. The van der Waals surface area contributed by atoms with Crippen LogP contribution in [-0.4, -0.2) is 60.2 Å². The summed E-state index contributed by atoms with van der Waals surface area (Å²) in [6.07, 6.45) is -6.14. The van der Waals surface area contributed by atoms with E-state index in [4.69, 9.17) is 28.4 Å². The van der Waals surface area contributed by atoms with Crippen LogP contribution in [0.4, 0.5) is 0 Å². The van der Waals surface area contributed by atoms with Crippen molar-refractivity contribution in [3.8, 4) is 0 Å². The van der Waals surface area contributed by atoms with E-state index in [0.717, 1.165) is 11.1 Å². The summed E-state index contributed by atoms with van der Waals surface area (Å²) in [6, 6.07) is 17.8. The van der Waals surface area contributed by atoms with Gasteiger partial charge in [-0.05, 0) is 38.8 Å². The van der Waals surface area contributed by atoms with Gasteiger partial charge in [-0.1, -0.05) is 60.7 Å². The van der Waals surface area contributed by atoms with Crippen molar-refractivity contribution < 1.29 is 57.2 Å². The van der Waals surface area contributed by atoms with Crippen molar-refractivity contribution in [3.05, 3.63) is 71.8 Å². The molecule has 0 amide bonds. The van der Waals surface area contributed by atoms with Gasteiger partial charge in [-0.2, -0.15) is 0 Å². The van der Waals surface area contributed by atoms with Crippen molar-refractivity contribution in [3.63, 3.8) is 0 Å². The topological polar surface area (TPSA) is 158 Å². The molecule has 42 heavy (non-hydrogen) atoms. The fourth-order valence-corrected chi connectivity index (χ4v) is 3.14. The average Bonchev–Trinajstić information content (AvgIpc) is 2.98. The third-order valence-electron chi connectivity index (χ3n) is 5.51. The number of benzene rings is 2. The summed E-state index contributed by atoms with van der Waals surface area (Å²) in [4.78, 5) is 72.7. The highest BCUT2D eigenvalue weighted by molar-refractivity contribution is 5.85. The van der Waals surface area contributed by atoms with E-state index in [2.05, 4.69) is 0 Å². The number of hydrogen-bond donors (Lipinski definition) is 0. The first-order valence-electron chi connectivity index (χ1n) is 13.2. The van der Waals surface area contributed by atoms with Gasteiger partial charge >= 0.3 is 35.8 Å². The van der Waals surface area contributed by atoms with Crippen molar-refractivity contribution in [2.24, 2.45) is 0 Å². The number of carbonyl (C=O) groups is 6. The van der Waals surface area contributed by atoms with Gasteiger partial charge < -0.3 is 28.4 Å². The Morgan fingerprint density at radius 3 is 1.12 bits per heavy atom. The van der Waals surface area contributed by atoms with Gasteiger partial charge in [-0.25, -0.2) is 19.2 Å². The second-order valence-corrected chi connectivity index (χ2v) is 9.11. The molecular formula is C30H34O12. The molecule has 226 valence electrons. The Morgan fingerprint density at radius 1 is 0.476 bits per heavy atom. The van der Waals surface area contributed by atoms with Crippen LogP contribution in [0.1, 0.15) is 51.7 Å². The van der Waals surface area contributed by atoms with Crippen LogP contribution < -0.4 is 0 Å². The zero-order chi connectivity index (χ0) is 31.1. The molecule has 0 spiro atoms. The first-order valence-corrected chi connectivity index (χ1v) is 13.2. The summed E-state index contributed by atoms with van der Waals surface area (Å²) >= 11 is 0. The predicted molar refractivity (Wildman–Crippen MR) is 144 cm³/mol. The molecule has 2 aromatic carbocycles. The Morgan fingerprint density at radius 2 is 0.786 bits per heavy atom. The maximum atomic E-state index is 12.2. The van der Waals surface area contributed by atoms with Crippen molar-refractivity contribution in [1.29, 1.82) is 0 Å². The fourth-order valence-electron chi connectivity index (χ4n) is 3.14. The Kier molecular flexibility index (Phi) is 13.7. The Balaban J connectivity index is 1.65. The summed E-state index contributed by atoms with van der Waals surface area (Å²) in [7, 11) is 0. The largest absolute Gasteiger partial charge is 0.458 e. The van der Waals surface area contributed by atoms with E-state index in [-0.39, 0.29) is 13.2 Å². The van der Waals surface area contributed by atoms with Gasteiger partial charge in [0.25, 0.3) is 0 Å². The third kappa shape index (κ3) is 12.2. The van der Waals surface area contributed by atoms with Crippen molar-refractivity contribution in [1.82, 2.24) is 0 Å². The van der Waals surface area contributed by atoms with Crippen molar-refractivity contribution in [2.75, 3.05) is 0 Å². The molecule has 0 aromatic heterocycles. The number of esters is 6. The van der Waals surface area contributed by atoms with Gasteiger partial charge in [-0.3, -0.25) is 9.59 Å². The molecule has 0 unspecified atom stereocenters. The van der Waals surface area contributed by atoms with Gasteiger partial charge in [0.05, 0.1) is 12.8 Å². The van der Waals surface area contributed by atoms with Crippen LogP contribution in [0.15, 0.2) is 60.7 Å². The van der Waals surface area contributed by atoms with Gasteiger partial charge in [0.15, 0.2) is 24.4 Å². The molecule has 0 heterocycles. The second-order valence-electron chi connectivity index (χ2n) is 9.11. The van der Waals surface area contributed by atoms with Gasteiger partial charge in [-0.15, -0.1) is 0 Å². The summed E-state index contributed by atoms with van der Waals surface area (Å²) in [5, 5.41) is 0. The minimum absolute atomic E-state index is 0.00113. The summed E-state index contributed by atoms with van der Waals surface area (Å²) in [5.41, 5.74) is 1.51. The van der Waals surface area contributed by atoms with Gasteiger partial charge in [0, 0.05) is 0 Å². The molecule has 0 aliphatic carbocycles. The number of rotatable bonds is 15. The number of hydrogen-bond acceptors (Lipinski definition) is 12. The van der Waals surface area contributed by atoms with E-state index in [1.165, 1.54) is 27.7 Å². The second kappa shape index (κ2) is 17.2. The first kappa shape index (κ1) is 33.5. The highest BCUT2D eigenvalue weighted by atomic mass is 16.6. The van der Waals surface area contributed by atoms with Crippen LogP contribution in [0.3, 0.4) is 0 Å². The molecule has 12 nitrogen and oxygen atoms in total. The van der Waals surface area contributed by atoms with E-state index in [1.54, 1.807) is 48.5 Å². The molecule has 12 heteroatoms. The molecule has 2 rings (SSSR count). The zero-order valence-corrected chi connectivity index (χ0v) is 23.8. The van der Waals surface area contributed by atoms with Gasteiger partial charge in [0.2, 0.25) is 0 Å². The predicted octanol–water partition coefficient (Wildman–Crippen LogP) is 2.98. The molecule has 0 fully saturated rings. The lowest BCUT2D eigenvalue weighted by atomic mass is 10.2. The lowest BCUT2D eigenvalue weighted by Crippen LogP contribution is -2.34. The SMILES string of the molecule is C[C@H](OC(=O)CCC(=O)O[C@@H](C)C(=O)O[C@@H](C)C(=O)OCc1ccccc1)C(=O)O[C@@H](C)C(=O)OCc1ccccc1. The smallest absolute Gasteiger partial charge is 0.347 e. The molecule has 0 radical (unpaired) electrons. The maximum absolute atomic E-state index is 12.2. The van der Waals surface area contributed by atoms with Crippen LogP contribution in [-0.2, 0) is 70.4 Å². The van der Waals surface area contributed by atoms with Crippen molar-refractivity contribution >= 4 is 35.8 Å². The summed E-state index contributed by atoms with van der Waals surface area (Å²) in [6.45, 7) is 5.11. The molecule has 0 aliphatic rings. The molecule has 0 aliphatic heterocycles. The highest BCUT2D eigenvalue weighted by Gasteiger charge is 2.28. The molecular weight excluding hydrogens is 552 g/mol. The van der Waals surface area contributed by atoms with E-state index < -0.39 is 73.1 Å². The molecule has 0 saturated carbocycles. The summed E-state index contributed by atoms with van der Waals surface area (Å²) in [5.74, 6) is -5.36. The van der Waals surface area contributed by atoms with E-state index in [9.17, 15) is 28.8 Å². The average molecular weight is 587 g/mol. The quantitative estimate of drug-likeness (QED) is 0.222. The molecule has 0 bridgehead atoms. The minimum Gasteiger partial charge on any atom is -0.458 e. The van der Waals surface area contributed by atoms with Crippen LogP contribution in [0.2, 0.25) is 0 Å². The molecule has 0 N–H and O–H groups in total. The standard InChI is InChI=1S/C30H34O12/c1-19(27(33)37-17-23-11-7-5-8-12-23)41-29(35)21(3)39-25(31)15-16-26(32)40-22(4)30(36)42-20(2)28(34)38-18-24-13-9-6-10-14-24/h5-14,19-22H,15-18H2,1-4H3/t19-,20-,21-,22-/m0/s1. The first-order chi connectivity index (χ1) is 20.0. The van der Waals surface area contributed by atoms with Crippen LogP contribution >= 0.6 is 0 Å². The van der Waals surface area contributed by atoms with Gasteiger partial charge in [0.1, 0.15) is 13.2 Å². The third-order valence-corrected chi connectivity index (χ3v) is 5.51. The fraction of sp³-hybridized carbons (Fsp3) is 0.400. The summed E-state index contributed by atoms with van der Waals surface area (Å²) < 4.78 is 30.0. The van der Waals surface area contributed by atoms with Crippen LogP contribution in [0.5, 0.6) is 0 Å². The Hall–Kier alpha value is -4.74. The zero-order valence-electron chi connectivity index (χ0n) is 23.8. The normalized spacial score (nSPS) is 13.3. The minimum atomic E-state index is -1.37. The lowest BCUT2D eigenvalue weighted by molar-refractivity contribution is -0.178. The molecule has 4 atom stereocenters. The highest BCUT2D eigenvalue weighted by Crippen LogP contribution is 2.09. The number of carbonyl (C=O) groups excluding carboxylic acids is 6. The van der Waals surface area contributed by atoms with E-state index in [1.807, 2.05) is 12.1 Å². The van der Waals surface area contributed by atoms with Crippen LogP contribution in [0.25, 0.3) is 0 Å². The van der Waals surface area contributed by atoms with E-state index in [0.29, 0.717) is 0 Å².